The minimum absolute atomic E-state index is 0.0797. The summed E-state index contributed by atoms with van der Waals surface area (Å²) in [5.41, 5.74) is 2.65. The second kappa shape index (κ2) is 10.0. The summed E-state index contributed by atoms with van der Waals surface area (Å²) in [6.07, 6.45) is 1.70. The number of rotatable bonds is 7. The Labute approximate surface area is 205 Å². The van der Waals surface area contributed by atoms with Crippen LogP contribution >= 0.6 is 11.6 Å². The van der Waals surface area contributed by atoms with Crippen LogP contribution < -0.4 is 20.7 Å². The monoisotopic (exact) mass is 482 g/mol. The molecule has 8 nitrogen and oxygen atoms in total. The van der Waals surface area contributed by atoms with E-state index >= 15 is 0 Å². The molecule has 1 fully saturated rings. The maximum absolute atomic E-state index is 13.4. The van der Waals surface area contributed by atoms with Crippen molar-refractivity contribution >= 4 is 28.8 Å². The Balaban J connectivity index is 1.64. The van der Waals surface area contributed by atoms with Crippen LogP contribution in [0.4, 0.5) is 17.2 Å². The Morgan fingerprint density at radius 1 is 1.24 bits per heavy atom. The van der Waals surface area contributed by atoms with Crippen molar-refractivity contribution in [1.29, 1.82) is 0 Å². The van der Waals surface area contributed by atoms with Crippen LogP contribution in [0, 0.1) is 6.92 Å². The number of benzene rings is 1. The van der Waals surface area contributed by atoms with Gasteiger partial charge >= 0.3 is 0 Å². The van der Waals surface area contributed by atoms with Crippen LogP contribution in [-0.2, 0) is 11.8 Å². The van der Waals surface area contributed by atoms with Gasteiger partial charge in [-0.3, -0.25) is 9.36 Å². The normalized spacial score (nSPS) is 17.8. The number of anilines is 3. The van der Waals surface area contributed by atoms with Gasteiger partial charge in [-0.05, 0) is 44.2 Å². The molecule has 0 bridgehead atoms. The molecule has 4 rings (SSSR count). The van der Waals surface area contributed by atoms with Gasteiger partial charge in [-0.25, -0.2) is 9.97 Å². The Hall–Kier alpha value is -3.10. The van der Waals surface area contributed by atoms with E-state index in [1.165, 1.54) is 0 Å². The van der Waals surface area contributed by atoms with Crippen LogP contribution in [0.15, 0.2) is 47.4 Å². The van der Waals surface area contributed by atoms with E-state index in [1.54, 1.807) is 17.8 Å². The lowest BCUT2D eigenvalue weighted by molar-refractivity contribution is 0.0720. The number of ether oxygens (including phenoxy) is 1. The Kier molecular flexibility index (Phi) is 7.09. The SMILES string of the molecule is CCO[C@@H]1CN(c2ccccn2)C[C@H]1Nc1c(C)nc(-c2ccc(N(C)C)cc2Cl)n(C)c1=O. The molecule has 1 N–H and O–H groups in total. The van der Waals surface area contributed by atoms with Crippen LogP contribution in [0.3, 0.4) is 0 Å². The van der Waals surface area contributed by atoms with Crippen molar-refractivity contribution in [2.45, 2.75) is 26.0 Å². The summed E-state index contributed by atoms with van der Waals surface area (Å²) in [6, 6.07) is 11.5. The maximum atomic E-state index is 13.4. The summed E-state index contributed by atoms with van der Waals surface area (Å²) in [4.78, 5) is 26.8. The van der Waals surface area contributed by atoms with Gasteiger partial charge in [0.2, 0.25) is 0 Å². The topological polar surface area (TPSA) is 75.5 Å². The fraction of sp³-hybridized carbons (Fsp3) is 0.400. The highest BCUT2D eigenvalue weighted by Gasteiger charge is 2.35. The lowest BCUT2D eigenvalue weighted by Crippen LogP contribution is -2.38. The zero-order valence-corrected chi connectivity index (χ0v) is 21.0. The van der Waals surface area contributed by atoms with Crippen LogP contribution in [0.25, 0.3) is 11.4 Å². The number of nitrogens with zero attached hydrogens (tertiary/aromatic N) is 5. The molecule has 34 heavy (non-hydrogen) atoms. The molecule has 1 aromatic carbocycles. The zero-order chi connectivity index (χ0) is 24.4. The van der Waals surface area contributed by atoms with Gasteiger partial charge in [0.25, 0.3) is 5.56 Å². The van der Waals surface area contributed by atoms with Crippen LogP contribution in [0.5, 0.6) is 0 Å². The molecular weight excluding hydrogens is 452 g/mol. The molecule has 0 unspecified atom stereocenters. The molecule has 3 heterocycles. The van der Waals surface area contributed by atoms with Gasteiger partial charge in [0, 0.05) is 58.3 Å². The Bertz CT molecular complexity index is 1210. The molecule has 1 aliphatic rings. The molecule has 2 aromatic heterocycles. The number of halogens is 1. The van der Waals surface area contributed by atoms with E-state index < -0.39 is 0 Å². The molecular formula is C25H31ClN6O2. The molecule has 1 saturated heterocycles. The molecule has 0 aliphatic carbocycles. The van der Waals surface area contributed by atoms with Crippen molar-refractivity contribution in [3.8, 4) is 11.4 Å². The minimum Gasteiger partial charge on any atom is -0.378 e. The van der Waals surface area contributed by atoms with Crippen molar-refractivity contribution in [2.75, 3.05) is 48.9 Å². The van der Waals surface area contributed by atoms with Crippen molar-refractivity contribution in [3.05, 3.63) is 63.7 Å². The molecule has 0 amide bonds. The second-order valence-electron chi connectivity index (χ2n) is 8.66. The zero-order valence-electron chi connectivity index (χ0n) is 20.2. The third-order valence-electron chi connectivity index (χ3n) is 6.13. The summed E-state index contributed by atoms with van der Waals surface area (Å²) in [5.74, 6) is 1.43. The Morgan fingerprint density at radius 3 is 2.68 bits per heavy atom. The third kappa shape index (κ3) is 4.74. The maximum Gasteiger partial charge on any atom is 0.277 e. The standard InChI is InChI=1S/C25H31ClN6O2/c1-6-34-21-15-32(22-9-7-8-12-27-22)14-20(21)29-23-16(2)28-24(31(5)25(23)33)18-11-10-17(30(3)4)13-19(18)26/h7-13,20-21,29H,6,14-15H2,1-5H3/t20-,21-/m1/s1. The quantitative estimate of drug-likeness (QED) is 0.551. The van der Waals surface area contributed by atoms with E-state index in [9.17, 15) is 4.79 Å². The molecule has 1 aliphatic heterocycles. The average Bonchev–Trinajstić information content (AvgIpc) is 3.22. The molecule has 3 aromatic rings. The van der Waals surface area contributed by atoms with Gasteiger partial charge in [0.15, 0.2) is 0 Å². The molecule has 2 atom stereocenters. The number of nitrogens with one attached hydrogen (secondary N) is 1. The van der Waals surface area contributed by atoms with E-state index in [1.807, 2.05) is 69.2 Å². The number of aryl methyl sites for hydroxylation is 1. The number of pyridine rings is 1. The first-order valence-corrected chi connectivity index (χ1v) is 11.8. The summed E-state index contributed by atoms with van der Waals surface area (Å²) in [6.45, 7) is 5.78. The molecule has 0 saturated carbocycles. The number of hydrogen-bond donors (Lipinski definition) is 1. The van der Waals surface area contributed by atoms with Crippen molar-refractivity contribution in [3.63, 3.8) is 0 Å². The van der Waals surface area contributed by atoms with E-state index in [0.29, 0.717) is 41.9 Å². The van der Waals surface area contributed by atoms with Crippen LogP contribution in [0.2, 0.25) is 5.02 Å². The summed E-state index contributed by atoms with van der Waals surface area (Å²) in [5, 5.41) is 3.99. The highest BCUT2D eigenvalue weighted by Crippen LogP contribution is 2.30. The molecule has 0 radical (unpaired) electrons. The fourth-order valence-electron chi connectivity index (χ4n) is 4.29. The second-order valence-corrected chi connectivity index (χ2v) is 9.06. The predicted molar refractivity (Wildman–Crippen MR) is 138 cm³/mol. The third-order valence-corrected chi connectivity index (χ3v) is 6.44. The lowest BCUT2D eigenvalue weighted by Gasteiger charge is -2.22. The van der Waals surface area contributed by atoms with E-state index in [-0.39, 0.29) is 17.7 Å². The Morgan fingerprint density at radius 2 is 2.03 bits per heavy atom. The van der Waals surface area contributed by atoms with Crippen LogP contribution in [0.1, 0.15) is 12.6 Å². The smallest absolute Gasteiger partial charge is 0.277 e. The van der Waals surface area contributed by atoms with Crippen molar-refractivity contribution < 1.29 is 4.74 Å². The van der Waals surface area contributed by atoms with E-state index in [4.69, 9.17) is 21.3 Å². The van der Waals surface area contributed by atoms with Gasteiger partial charge in [0.1, 0.15) is 17.3 Å². The minimum atomic E-state index is -0.151. The summed E-state index contributed by atoms with van der Waals surface area (Å²) < 4.78 is 7.55. The van der Waals surface area contributed by atoms with Crippen LogP contribution in [-0.4, -0.2) is 60.5 Å². The fourth-order valence-corrected chi connectivity index (χ4v) is 4.55. The molecule has 180 valence electrons. The predicted octanol–water partition coefficient (Wildman–Crippen LogP) is 3.58. The summed E-state index contributed by atoms with van der Waals surface area (Å²) >= 11 is 6.56. The average molecular weight is 483 g/mol. The summed E-state index contributed by atoms with van der Waals surface area (Å²) in [7, 11) is 5.63. The van der Waals surface area contributed by atoms with Gasteiger partial charge in [0.05, 0.1) is 22.9 Å². The van der Waals surface area contributed by atoms with Gasteiger partial charge in [-0.2, -0.15) is 0 Å². The highest BCUT2D eigenvalue weighted by atomic mass is 35.5. The van der Waals surface area contributed by atoms with Gasteiger partial charge < -0.3 is 19.9 Å². The van der Waals surface area contributed by atoms with E-state index in [0.717, 1.165) is 17.1 Å². The first-order valence-electron chi connectivity index (χ1n) is 11.4. The number of aromatic nitrogens is 3. The first-order chi connectivity index (χ1) is 16.3. The first kappa shape index (κ1) is 24.0. The lowest BCUT2D eigenvalue weighted by atomic mass is 10.1. The molecule has 9 heteroatoms. The largest absolute Gasteiger partial charge is 0.378 e. The van der Waals surface area contributed by atoms with Crippen molar-refractivity contribution in [2.24, 2.45) is 7.05 Å². The van der Waals surface area contributed by atoms with E-state index in [2.05, 4.69) is 15.2 Å². The highest BCUT2D eigenvalue weighted by molar-refractivity contribution is 6.33. The number of hydrogen-bond acceptors (Lipinski definition) is 7. The van der Waals surface area contributed by atoms with Gasteiger partial charge in [-0.15, -0.1) is 0 Å². The van der Waals surface area contributed by atoms with Crippen molar-refractivity contribution in [1.82, 2.24) is 14.5 Å². The van der Waals surface area contributed by atoms with Gasteiger partial charge in [-0.1, -0.05) is 17.7 Å². The molecule has 0 spiro atoms.